The Kier molecular flexibility index (Phi) is 21.2. The van der Waals surface area contributed by atoms with E-state index in [0.29, 0.717) is 38.1 Å². The minimum atomic E-state index is -1.37. The molecule has 10 aromatic rings. The first-order chi connectivity index (χ1) is 36.0. The molecule has 0 atom stereocenters. The largest absolute Gasteiger partial charge is 0.302 e. The van der Waals surface area contributed by atoms with Gasteiger partial charge in [-0.05, 0) is 94.6 Å². The predicted octanol–water partition coefficient (Wildman–Crippen LogP) is 9.97. The van der Waals surface area contributed by atoms with Crippen LogP contribution in [-0.2, 0) is 28.2 Å². The third-order valence-corrected chi connectivity index (χ3v) is 14.2. The molecule has 14 nitrogen and oxygen atoms in total. The molecule has 0 aliphatic rings. The standard InChI is InChI=1S/C14H9N3OS.C14H16N2OSi.C11H8N2O.C9H7BrN2O.C5H10Si.C3H2BrNS/c1-17-9-16-12-8-10(2-4-11(12)14(17)18)3-5-13-15-6-7-19-13;1-16-10-15-13-9-11(7-8-18(2,3)4)5-6-12(13)14(16)17;1-3-8-4-5-9-10(6-8)12-7-13(2)11(9)14;1-12-5-11-8-4-6(10)2-3-7(8)9(12)13;1-5-6(2,3)4;4-3-5-1-2-6-3/h2,4,6-9H,1H3;5-6,9-10H,1-4H3;1,4-7H,2H3;2-5H,1H3;1H,2-4H3;1-2H. The van der Waals surface area contributed by atoms with Crippen LogP contribution in [0.4, 0.5) is 0 Å². The van der Waals surface area contributed by atoms with Crippen LogP contribution in [-0.4, -0.2) is 64.3 Å². The second-order valence-corrected chi connectivity index (χ2v) is 31.9. The Morgan fingerprint density at radius 1 is 0.474 bits per heavy atom. The summed E-state index contributed by atoms with van der Waals surface area (Å²) in [6.45, 7) is 13.0. The summed E-state index contributed by atoms with van der Waals surface area (Å²) < 4.78 is 7.73. The molecule has 0 spiro atoms. The van der Waals surface area contributed by atoms with Gasteiger partial charge in [-0.15, -0.1) is 46.6 Å². The summed E-state index contributed by atoms with van der Waals surface area (Å²) in [6.07, 6.45) is 19.9. The van der Waals surface area contributed by atoms with Crippen molar-refractivity contribution < 1.29 is 0 Å². The molecule has 0 aliphatic heterocycles. The zero-order valence-corrected chi connectivity index (χ0v) is 50.2. The van der Waals surface area contributed by atoms with E-state index in [9.17, 15) is 19.2 Å². The number of aromatic nitrogens is 10. The van der Waals surface area contributed by atoms with Gasteiger partial charge in [0.15, 0.2) is 8.92 Å². The lowest BCUT2D eigenvalue weighted by molar-refractivity contribution is 0.843. The highest BCUT2D eigenvalue weighted by molar-refractivity contribution is 9.11. The molecule has 0 fully saturated rings. The predicted molar refractivity (Wildman–Crippen MR) is 324 cm³/mol. The van der Waals surface area contributed by atoms with E-state index in [-0.39, 0.29) is 22.2 Å². The zero-order valence-electron chi connectivity index (χ0n) is 43.4. The molecule has 0 aliphatic carbocycles. The van der Waals surface area contributed by atoms with Gasteiger partial charge in [-0.1, -0.05) is 73.0 Å². The number of hydrogen-bond acceptors (Lipinski definition) is 12. The SMILES string of the molecule is Brc1nccs1.C#C[Si](C)(C)C.C#Cc1ccc2c(=O)n(C)cnc2c1.Cn1cnc2cc(Br)ccc2c1=O.Cn1cnc2cc(C#C[Si](C)(C)C)ccc2c1=O.Cn1cnc2cc(C#Cc3nccs3)ccc2c1=O. The molecule has 0 unspecified atom stereocenters. The van der Waals surface area contributed by atoms with E-state index in [1.54, 1.807) is 94.6 Å². The first-order valence-electron chi connectivity index (χ1n) is 22.9. The van der Waals surface area contributed by atoms with Crippen LogP contribution in [0.15, 0.2) is 149 Å². The number of terminal acetylenes is 2. The van der Waals surface area contributed by atoms with Crippen LogP contribution >= 0.6 is 54.5 Å². The molecule has 384 valence electrons. The van der Waals surface area contributed by atoms with Crippen molar-refractivity contribution in [2.24, 2.45) is 28.2 Å². The number of benzene rings is 4. The molecule has 76 heavy (non-hydrogen) atoms. The summed E-state index contributed by atoms with van der Waals surface area (Å²) in [6, 6.07) is 21.6. The highest BCUT2D eigenvalue weighted by atomic mass is 79.9. The molecule has 10 rings (SSSR count). The van der Waals surface area contributed by atoms with Crippen LogP contribution in [0.25, 0.3) is 43.6 Å². The maximum atomic E-state index is 11.9. The zero-order chi connectivity index (χ0) is 55.7. The fraction of sp³-hybridized carbons (Fsp3) is 0.179. The molecule has 0 amide bonds. The highest BCUT2D eigenvalue weighted by Crippen LogP contribution is 2.15. The van der Waals surface area contributed by atoms with Gasteiger partial charge in [-0.25, -0.2) is 29.9 Å². The van der Waals surface area contributed by atoms with E-state index >= 15 is 0 Å². The van der Waals surface area contributed by atoms with E-state index in [0.717, 1.165) is 35.6 Å². The molecule has 20 heteroatoms. The molecule has 6 aromatic heterocycles. The van der Waals surface area contributed by atoms with Crippen molar-refractivity contribution in [3.05, 3.63) is 193 Å². The number of aryl methyl sites for hydroxylation is 4. The smallest absolute Gasteiger partial charge is 0.260 e. The monoisotopic (exact) mass is 1210 g/mol. The number of halogens is 2. The van der Waals surface area contributed by atoms with Gasteiger partial charge in [0.05, 0.1) is 68.9 Å². The Hall–Kier alpha value is -7.67. The molecular weight excluding hydrogens is 1160 g/mol. The minimum absolute atomic E-state index is 0.0162. The molecular formula is C56H52Br2N10O4S2Si2. The first kappa shape index (κ1) is 59.2. The van der Waals surface area contributed by atoms with Crippen molar-refractivity contribution >= 4 is 114 Å². The fourth-order valence-electron chi connectivity index (χ4n) is 5.94. The topological polar surface area (TPSA) is 165 Å². The summed E-state index contributed by atoms with van der Waals surface area (Å²) in [5, 5.41) is 7.06. The number of rotatable bonds is 0. The van der Waals surface area contributed by atoms with Crippen LogP contribution in [0, 0.1) is 47.6 Å². The number of hydrogen-bond donors (Lipinski definition) is 0. The van der Waals surface area contributed by atoms with Crippen molar-refractivity contribution in [3.63, 3.8) is 0 Å². The van der Waals surface area contributed by atoms with Crippen molar-refractivity contribution in [1.82, 2.24) is 48.2 Å². The third-order valence-electron chi connectivity index (χ3n) is 9.97. The Morgan fingerprint density at radius 3 is 1.21 bits per heavy atom. The van der Waals surface area contributed by atoms with E-state index in [4.69, 9.17) is 12.8 Å². The molecule has 0 radical (unpaired) electrons. The molecule has 0 saturated heterocycles. The lowest BCUT2D eigenvalue weighted by Crippen LogP contribution is -2.17. The highest BCUT2D eigenvalue weighted by Gasteiger charge is 2.09. The second kappa shape index (κ2) is 27.2. The maximum Gasteiger partial charge on any atom is 0.260 e. The van der Waals surface area contributed by atoms with Gasteiger partial charge < -0.3 is 18.3 Å². The van der Waals surface area contributed by atoms with Crippen molar-refractivity contribution in [1.29, 1.82) is 0 Å². The number of fused-ring (bicyclic) bond motifs is 4. The van der Waals surface area contributed by atoms with Gasteiger partial charge >= 0.3 is 0 Å². The first-order valence-corrected chi connectivity index (χ1v) is 33.2. The van der Waals surface area contributed by atoms with E-state index < -0.39 is 16.1 Å². The quantitative estimate of drug-likeness (QED) is 0.105. The van der Waals surface area contributed by atoms with Crippen molar-refractivity contribution in [2.75, 3.05) is 0 Å². The molecule has 6 heterocycles. The summed E-state index contributed by atoms with van der Waals surface area (Å²) in [5.41, 5.74) is 11.1. The van der Waals surface area contributed by atoms with Gasteiger partial charge in [-0.2, -0.15) is 0 Å². The van der Waals surface area contributed by atoms with Gasteiger partial charge in [-0.3, -0.25) is 19.2 Å². The second-order valence-electron chi connectivity index (χ2n) is 18.4. The van der Waals surface area contributed by atoms with E-state index in [2.05, 4.69) is 136 Å². The molecule has 4 aromatic carbocycles. The molecule has 0 N–H and O–H groups in total. The Balaban J connectivity index is 0.000000176. The van der Waals surface area contributed by atoms with Crippen LogP contribution in [0.2, 0.25) is 39.3 Å². The Bertz CT molecular complexity index is 4150. The van der Waals surface area contributed by atoms with Gasteiger partial charge in [0, 0.05) is 72.5 Å². The average molecular weight is 1210 g/mol. The van der Waals surface area contributed by atoms with E-state index in [1.165, 1.54) is 48.6 Å². The normalized spacial score (nSPS) is 10.3. The molecule has 0 saturated carbocycles. The van der Waals surface area contributed by atoms with Crippen LogP contribution in [0.1, 0.15) is 21.7 Å². The summed E-state index contributed by atoms with van der Waals surface area (Å²) >= 11 is 9.60. The van der Waals surface area contributed by atoms with E-state index in [1.807, 2.05) is 47.2 Å². The summed E-state index contributed by atoms with van der Waals surface area (Å²) in [5.74, 6) is 11.7. The fourth-order valence-corrected chi connectivity index (χ4v) is 8.09. The van der Waals surface area contributed by atoms with Gasteiger partial charge in [0.1, 0.15) is 16.1 Å². The lowest BCUT2D eigenvalue weighted by atomic mass is 10.1. The summed E-state index contributed by atoms with van der Waals surface area (Å²) in [4.78, 5) is 71.5. The maximum absolute atomic E-state index is 11.9. The minimum Gasteiger partial charge on any atom is -0.302 e. The third kappa shape index (κ3) is 17.7. The van der Waals surface area contributed by atoms with Gasteiger partial charge in [0.25, 0.3) is 22.2 Å². The average Bonchev–Trinajstić information content (AvgIpc) is 4.12. The van der Waals surface area contributed by atoms with Crippen molar-refractivity contribution in [3.8, 4) is 47.6 Å². The number of thiazole rings is 2. The van der Waals surface area contributed by atoms with Crippen LogP contribution in [0.3, 0.4) is 0 Å². The molecule has 0 bridgehead atoms. The number of nitrogens with zero attached hydrogens (tertiary/aromatic N) is 10. The van der Waals surface area contributed by atoms with Crippen LogP contribution in [0.5, 0.6) is 0 Å². The summed E-state index contributed by atoms with van der Waals surface area (Å²) in [7, 11) is 4.27. The van der Waals surface area contributed by atoms with Gasteiger partial charge in [0.2, 0.25) is 0 Å². The Morgan fingerprint density at radius 2 is 0.855 bits per heavy atom. The lowest BCUT2D eigenvalue weighted by Gasteiger charge is -2.04. The Labute approximate surface area is 466 Å². The van der Waals surface area contributed by atoms with Crippen molar-refractivity contribution in [2.45, 2.75) is 39.3 Å². The van der Waals surface area contributed by atoms with Crippen LogP contribution < -0.4 is 22.2 Å².